The highest BCUT2D eigenvalue weighted by molar-refractivity contribution is 7.91. The minimum absolute atomic E-state index is 0.000764. The minimum atomic E-state index is -3.06. The lowest BCUT2D eigenvalue weighted by Crippen LogP contribution is -2.29. The van der Waals surface area contributed by atoms with E-state index in [9.17, 15) is 8.42 Å². The van der Waals surface area contributed by atoms with Crippen molar-refractivity contribution in [3.05, 3.63) is 0 Å². The van der Waals surface area contributed by atoms with Gasteiger partial charge < -0.3 is 10.8 Å². The van der Waals surface area contributed by atoms with Crippen LogP contribution >= 0.6 is 0 Å². The van der Waals surface area contributed by atoms with E-state index in [0.717, 1.165) is 0 Å². The number of aliphatic hydroxyl groups is 1. The molecule has 5 heteroatoms. The zero-order valence-corrected chi connectivity index (χ0v) is 6.76. The van der Waals surface area contributed by atoms with Crippen molar-refractivity contribution >= 4 is 9.84 Å². The summed E-state index contributed by atoms with van der Waals surface area (Å²) in [7, 11) is -3.06. The van der Waals surface area contributed by atoms with Crippen LogP contribution in [0.2, 0.25) is 0 Å². The summed E-state index contributed by atoms with van der Waals surface area (Å²) < 4.78 is 21.5. The Kier molecular flexibility index (Phi) is 3.85. The Morgan fingerprint density at radius 3 is 2.40 bits per heavy atom. The molecule has 0 bridgehead atoms. The van der Waals surface area contributed by atoms with Crippen LogP contribution in [0.1, 0.15) is 6.92 Å². The molecule has 0 aromatic heterocycles. The van der Waals surface area contributed by atoms with E-state index in [0.29, 0.717) is 0 Å². The van der Waals surface area contributed by atoms with Gasteiger partial charge >= 0.3 is 0 Å². The second-order valence-corrected chi connectivity index (χ2v) is 4.49. The number of sulfone groups is 1. The summed E-state index contributed by atoms with van der Waals surface area (Å²) in [5.74, 6) is -0.163. The maximum absolute atomic E-state index is 10.8. The molecule has 4 nitrogen and oxygen atoms in total. The first-order valence-corrected chi connectivity index (χ1v) is 4.92. The third-order valence-electron chi connectivity index (χ3n) is 1.16. The van der Waals surface area contributed by atoms with Crippen molar-refractivity contribution < 1.29 is 13.5 Å². The van der Waals surface area contributed by atoms with Gasteiger partial charge in [-0.1, -0.05) is 6.92 Å². The van der Waals surface area contributed by atoms with Crippen LogP contribution in [0.5, 0.6) is 0 Å². The predicted octanol–water partition coefficient (Wildman–Crippen LogP) is -1.26. The highest BCUT2D eigenvalue weighted by atomic mass is 32.2. The Morgan fingerprint density at radius 1 is 1.60 bits per heavy atom. The standard InChI is InChI=1S/C5H13NO3S/c1-2-10(8,9)4-5(7)3-6/h5,7H,2-4,6H2,1H3/t5-/m0/s1. The molecule has 0 radical (unpaired) electrons. The first-order chi connectivity index (χ1) is 4.52. The Morgan fingerprint density at radius 2 is 2.10 bits per heavy atom. The molecule has 0 heterocycles. The van der Waals surface area contributed by atoms with E-state index < -0.39 is 15.9 Å². The fourth-order valence-corrected chi connectivity index (χ4v) is 1.44. The summed E-state index contributed by atoms with van der Waals surface area (Å²) in [5.41, 5.74) is 5.02. The molecule has 3 N–H and O–H groups in total. The average molecular weight is 167 g/mol. The van der Waals surface area contributed by atoms with Gasteiger partial charge in [-0.2, -0.15) is 0 Å². The van der Waals surface area contributed by atoms with Crippen molar-refractivity contribution in [2.75, 3.05) is 18.1 Å². The van der Waals surface area contributed by atoms with Gasteiger partial charge in [0.2, 0.25) is 0 Å². The van der Waals surface area contributed by atoms with Crippen LogP contribution in [0.3, 0.4) is 0 Å². The Labute approximate surface area is 61.0 Å². The fourth-order valence-electron chi connectivity index (χ4n) is 0.479. The highest BCUT2D eigenvalue weighted by Gasteiger charge is 2.12. The third kappa shape index (κ3) is 3.81. The third-order valence-corrected chi connectivity index (χ3v) is 2.93. The second kappa shape index (κ2) is 3.90. The van der Waals surface area contributed by atoms with Gasteiger partial charge in [0.15, 0.2) is 9.84 Å². The van der Waals surface area contributed by atoms with Gasteiger partial charge in [0.05, 0.1) is 11.9 Å². The first-order valence-electron chi connectivity index (χ1n) is 3.10. The minimum Gasteiger partial charge on any atom is -0.391 e. The van der Waals surface area contributed by atoms with Gasteiger partial charge in [-0.25, -0.2) is 8.42 Å². The molecule has 10 heavy (non-hydrogen) atoms. The SMILES string of the molecule is CCS(=O)(=O)C[C@@H](O)CN. The van der Waals surface area contributed by atoms with Crippen molar-refractivity contribution in [1.82, 2.24) is 0 Å². The van der Waals surface area contributed by atoms with Crippen LogP contribution in [0.25, 0.3) is 0 Å². The van der Waals surface area contributed by atoms with E-state index >= 15 is 0 Å². The monoisotopic (exact) mass is 167 g/mol. The molecule has 0 aromatic carbocycles. The van der Waals surface area contributed by atoms with Gasteiger partial charge in [-0.3, -0.25) is 0 Å². The number of rotatable bonds is 4. The molecule has 0 spiro atoms. The molecule has 0 aliphatic rings. The molecule has 62 valence electrons. The van der Waals surface area contributed by atoms with Crippen LogP contribution in [-0.2, 0) is 9.84 Å². The van der Waals surface area contributed by atoms with Gasteiger partial charge in [0.1, 0.15) is 0 Å². The molecular formula is C5H13NO3S. The summed E-state index contributed by atoms with van der Waals surface area (Å²) in [6, 6.07) is 0. The van der Waals surface area contributed by atoms with Crippen LogP contribution in [0, 0.1) is 0 Å². The quantitative estimate of drug-likeness (QED) is 0.547. The Hall–Kier alpha value is -0.130. The normalized spacial score (nSPS) is 15.1. The zero-order valence-electron chi connectivity index (χ0n) is 5.95. The van der Waals surface area contributed by atoms with Gasteiger partial charge in [0.25, 0.3) is 0 Å². The molecule has 1 atom stereocenters. The summed E-state index contributed by atoms with van der Waals surface area (Å²) >= 11 is 0. The molecule has 0 rings (SSSR count). The summed E-state index contributed by atoms with van der Waals surface area (Å²) in [4.78, 5) is 0. The van der Waals surface area contributed by atoms with Gasteiger partial charge in [-0.15, -0.1) is 0 Å². The molecular weight excluding hydrogens is 154 g/mol. The summed E-state index contributed by atoms with van der Waals surface area (Å²) in [6.45, 7) is 1.54. The van der Waals surface area contributed by atoms with E-state index in [1.54, 1.807) is 6.92 Å². The summed E-state index contributed by atoms with van der Waals surface area (Å²) in [6.07, 6.45) is -0.912. The number of hydrogen-bond donors (Lipinski definition) is 2. The number of aliphatic hydroxyl groups excluding tert-OH is 1. The number of hydrogen-bond acceptors (Lipinski definition) is 4. The van der Waals surface area contributed by atoms with Crippen molar-refractivity contribution in [1.29, 1.82) is 0 Å². The molecule has 0 unspecified atom stereocenters. The summed E-state index contributed by atoms with van der Waals surface area (Å²) in [5, 5.41) is 8.82. The highest BCUT2D eigenvalue weighted by Crippen LogP contribution is 1.92. The lowest BCUT2D eigenvalue weighted by Gasteiger charge is -2.05. The smallest absolute Gasteiger partial charge is 0.152 e. The lowest BCUT2D eigenvalue weighted by molar-refractivity contribution is 0.205. The molecule has 0 aromatic rings. The molecule has 0 saturated carbocycles. The van der Waals surface area contributed by atoms with Crippen molar-refractivity contribution in [2.45, 2.75) is 13.0 Å². The van der Waals surface area contributed by atoms with E-state index in [1.165, 1.54) is 0 Å². The Bertz CT molecular complexity index is 175. The molecule has 0 fully saturated rings. The lowest BCUT2D eigenvalue weighted by atomic mass is 10.4. The van der Waals surface area contributed by atoms with E-state index in [1.807, 2.05) is 0 Å². The maximum atomic E-state index is 10.8. The van der Waals surface area contributed by atoms with Gasteiger partial charge in [-0.05, 0) is 0 Å². The van der Waals surface area contributed by atoms with Crippen molar-refractivity contribution in [3.63, 3.8) is 0 Å². The molecule has 0 saturated heterocycles. The van der Waals surface area contributed by atoms with Crippen molar-refractivity contribution in [3.8, 4) is 0 Å². The van der Waals surface area contributed by atoms with Crippen molar-refractivity contribution in [2.24, 2.45) is 5.73 Å². The van der Waals surface area contributed by atoms with Crippen LogP contribution in [0.4, 0.5) is 0 Å². The molecule has 0 amide bonds. The molecule has 0 aliphatic carbocycles. The maximum Gasteiger partial charge on any atom is 0.152 e. The van der Waals surface area contributed by atoms with E-state index in [-0.39, 0.29) is 18.1 Å². The average Bonchev–Trinajstić information content (AvgIpc) is 1.87. The van der Waals surface area contributed by atoms with Gasteiger partial charge in [0, 0.05) is 12.3 Å². The fraction of sp³-hybridized carbons (Fsp3) is 1.00. The second-order valence-electron chi connectivity index (χ2n) is 2.09. The Balaban J connectivity index is 3.90. The van der Waals surface area contributed by atoms with E-state index in [4.69, 9.17) is 10.8 Å². The van der Waals surface area contributed by atoms with Crippen LogP contribution in [0.15, 0.2) is 0 Å². The molecule has 0 aliphatic heterocycles. The topological polar surface area (TPSA) is 80.4 Å². The zero-order chi connectivity index (χ0) is 8.20. The largest absolute Gasteiger partial charge is 0.391 e. The van der Waals surface area contributed by atoms with Crippen LogP contribution in [-0.4, -0.2) is 37.7 Å². The first kappa shape index (κ1) is 9.87. The van der Waals surface area contributed by atoms with E-state index in [2.05, 4.69) is 0 Å². The predicted molar refractivity (Wildman–Crippen MR) is 39.4 cm³/mol. The number of nitrogens with two attached hydrogens (primary N) is 1. The van der Waals surface area contributed by atoms with Crippen LogP contribution < -0.4 is 5.73 Å².